The van der Waals surface area contributed by atoms with Crippen LogP contribution in [0, 0.1) is 0 Å². The summed E-state index contributed by atoms with van der Waals surface area (Å²) in [7, 11) is 1.61. The van der Waals surface area contributed by atoms with Crippen molar-refractivity contribution in [2.24, 2.45) is 5.73 Å². The third-order valence-corrected chi connectivity index (χ3v) is 6.35. The van der Waals surface area contributed by atoms with Gasteiger partial charge in [0.05, 0.1) is 12.5 Å². The van der Waals surface area contributed by atoms with Crippen LogP contribution in [0.1, 0.15) is 30.8 Å². The summed E-state index contributed by atoms with van der Waals surface area (Å²) in [6.45, 7) is 1.84. The molecule has 4 rings (SSSR count). The largest absolute Gasteiger partial charge is 0.497 e. The van der Waals surface area contributed by atoms with E-state index in [0.29, 0.717) is 28.9 Å². The molecule has 31 heavy (non-hydrogen) atoms. The smallest absolute Gasteiger partial charge is 0.263 e. The van der Waals surface area contributed by atoms with Gasteiger partial charge in [0.1, 0.15) is 22.4 Å². The monoisotopic (exact) mass is 433 g/mol. The van der Waals surface area contributed by atoms with Crippen LogP contribution in [0.3, 0.4) is 0 Å². The summed E-state index contributed by atoms with van der Waals surface area (Å²) >= 11 is 1.47. The van der Waals surface area contributed by atoms with Gasteiger partial charge >= 0.3 is 0 Å². The van der Waals surface area contributed by atoms with E-state index in [1.165, 1.54) is 15.9 Å². The highest BCUT2D eigenvalue weighted by molar-refractivity contribution is 7.21. The molecule has 0 radical (unpaired) electrons. The molecule has 0 aliphatic rings. The fourth-order valence-corrected chi connectivity index (χ4v) is 4.71. The van der Waals surface area contributed by atoms with Crippen molar-refractivity contribution in [2.75, 3.05) is 7.11 Å². The van der Waals surface area contributed by atoms with Crippen molar-refractivity contribution in [2.45, 2.75) is 25.8 Å². The summed E-state index contributed by atoms with van der Waals surface area (Å²) in [4.78, 5) is 32.1. The number of fused-ring (bicyclic) bond motifs is 1. The number of amides is 1. The molecule has 0 saturated heterocycles. The number of carbonyl (C=O) groups excluding carboxylic acids is 1. The number of methoxy groups -OCH3 is 1. The third kappa shape index (κ3) is 4.09. The first kappa shape index (κ1) is 20.8. The van der Waals surface area contributed by atoms with E-state index in [-0.39, 0.29) is 5.56 Å². The molecule has 1 atom stereocenters. The summed E-state index contributed by atoms with van der Waals surface area (Å²) in [6, 6.07) is 18.5. The van der Waals surface area contributed by atoms with Gasteiger partial charge in [-0.15, -0.1) is 11.3 Å². The number of hydrogen-bond acceptors (Lipinski definition) is 5. The predicted octanol–water partition coefficient (Wildman–Crippen LogP) is 4.16. The summed E-state index contributed by atoms with van der Waals surface area (Å²) in [5.41, 5.74) is 7.39. The van der Waals surface area contributed by atoms with Crippen LogP contribution >= 0.6 is 11.3 Å². The minimum atomic E-state index is -0.752. The number of hydrogen-bond donors (Lipinski definition) is 1. The molecular weight excluding hydrogens is 410 g/mol. The molecule has 1 amide bonds. The van der Waals surface area contributed by atoms with Crippen molar-refractivity contribution >= 4 is 27.5 Å². The number of ether oxygens (including phenoxy) is 1. The Morgan fingerprint density at radius 3 is 2.48 bits per heavy atom. The highest BCUT2D eigenvalue weighted by Gasteiger charge is 2.23. The van der Waals surface area contributed by atoms with Crippen molar-refractivity contribution in [3.05, 3.63) is 82.4 Å². The van der Waals surface area contributed by atoms with Gasteiger partial charge < -0.3 is 10.5 Å². The molecule has 2 aromatic carbocycles. The van der Waals surface area contributed by atoms with Gasteiger partial charge in [0.2, 0.25) is 5.91 Å². The van der Waals surface area contributed by atoms with E-state index in [9.17, 15) is 9.59 Å². The van der Waals surface area contributed by atoms with Crippen molar-refractivity contribution in [3.8, 4) is 16.2 Å². The van der Waals surface area contributed by atoms with Crippen molar-refractivity contribution in [3.63, 3.8) is 0 Å². The van der Waals surface area contributed by atoms with E-state index in [4.69, 9.17) is 15.5 Å². The Morgan fingerprint density at radius 2 is 1.87 bits per heavy atom. The summed E-state index contributed by atoms with van der Waals surface area (Å²) in [5.74, 6) is 0.730. The van der Waals surface area contributed by atoms with E-state index in [0.717, 1.165) is 21.8 Å². The molecule has 7 heteroatoms. The maximum Gasteiger partial charge on any atom is 0.263 e. The molecule has 0 saturated carbocycles. The Balaban J connectivity index is 1.89. The van der Waals surface area contributed by atoms with Gasteiger partial charge in [-0.25, -0.2) is 4.98 Å². The Bertz CT molecular complexity index is 1280. The molecule has 4 aromatic rings. The maximum atomic E-state index is 13.5. The van der Waals surface area contributed by atoms with Gasteiger partial charge in [-0.1, -0.05) is 49.4 Å². The van der Waals surface area contributed by atoms with Crippen LogP contribution in [0.25, 0.3) is 20.7 Å². The highest BCUT2D eigenvalue weighted by Crippen LogP contribution is 2.32. The van der Waals surface area contributed by atoms with Crippen LogP contribution in [0.5, 0.6) is 5.75 Å². The summed E-state index contributed by atoms with van der Waals surface area (Å²) < 4.78 is 6.69. The van der Waals surface area contributed by atoms with Crippen LogP contribution in [-0.2, 0) is 11.2 Å². The van der Waals surface area contributed by atoms with Crippen molar-refractivity contribution < 1.29 is 9.53 Å². The van der Waals surface area contributed by atoms with Crippen molar-refractivity contribution in [1.29, 1.82) is 0 Å². The van der Waals surface area contributed by atoms with Gasteiger partial charge in [0, 0.05) is 11.3 Å². The quantitative estimate of drug-likeness (QED) is 0.474. The minimum absolute atomic E-state index is 0.238. The molecule has 2 N–H and O–H groups in total. The predicted molar refractivity (Wildman–Crippen MR) is 124 cm³/mol. The number of aromatic nitrogens is 2. The number of rotatable bonds is 7. The lowest BCUT2D eigenvalue weighted by atomic mass is 10.1. The van der Waals surface area contributed by atoms with Crippen LogP contribution in [0.4, 0.5) is 0 Å². The lowest BCUT2D eigenvalue weighted by molar-refractivity contribution is -0.121. The Labute approximate surface area is 183 Å². The van der Waals surface area contributed by atoms with Crippen LogP contribution in [-0.4, -0.2) is 22.6 Å². The fraction of sp³-hybridized carbons (Fsp3) is 0.208. The SMILES string of the molecule is CCC(C(N)=O)n1c(Cc2ccc(OC)cc2)nc2sc(-c3ccccc3)cc2c1=O. The number of nitrogens with zero attached hydrogens (tertiary/aromatic N) is 2. The fourth-order valence-electron chi connectivity index (χ4n) is 3.66. The zero-order valence-corrected chi connectivity index (χ0v) is 18.2. The average Bonchev–Trinajstić information content (AvgIpc) is 3.22. The lowest BCUT2D eigenvalue weighted by Gasteiger charge is -2.19. The second-order valence-electron chi connectivity index (χ2n) is 7.25. The second kappa shape index (κ2) is 8.73. The molecule has 0 aliphatic heterocycles. The molecule has 0 spiro atoms. The zero-order chi connectivity index (χ0) is 22.0. The standard InChI is InChI=1S/C24H23N3O3S/c1-3-19(22(25)28)27-21(13-15-9-11-17(30-2)12-10-15)26-23-18(24(27)29)14-20(31-23)16-7-5-4-6-8-16/h4-12,14,19H,3,13H2,1-2H3,(H2,25,28). The van der Waals surface area contributed by atoms with E-state index >= 15 is 0 Å². The number of nitrogens with two attached hydrogens (primary N) is 1. The minimum Gasteiger partial charge on any atom is -0.497 e. The molecule has 0 aliphatic carbocycles. The first-order valence-corrected chi connectivity index (χ1v) is 10.9. The molecule has 0 bridgehead atoms. The molecule has 6 nitrogen and oxygen atoms in total. The normalized spacial score (nSPS) is 12.1. The second-order valence-corrected chi connectivity index (χ2v) is 8.28. The van der Waals surface area contributed by atoms with Crippen molar-refractivity contribution in [1.82, 2.24) is 9.55 Å². The van der Waals surface area contributed by atoms with Gasteiger partial charge in [-0.05, 0) is 35.7 Å². The number of thiophene rings is 1. The van der Waals surface area contributed by atoms with Gasteiger partial charge in [-0.2, -0.15) is 0 Å². The lowest BCUT2D eigenvalue weighted by Crippen LogP contribution is -2.36. The first-order valence-electron chi connectivity index (χ1n) is 10.0. The van der Waals surface area contributed by atoms with Gasteiger partial charge in [0.25, 0.3) is 5.56 Å². The molecule has 2 aromatic heterocycles. The zero-order valence-electron chi connectivity index (χ0n) is 17.4. The third-order valence-electron chi connectivity index (χ3n) is 5.28. The number of carbonyl (C=O) groups is 1. The molecule has 0 fully saturated rings. The Hall–Kier alpha value is -3.45. The number of benzene rings is 2. The number of primary amides is 1. The van der Waals surface area contributed by atoms with E-state index in [1.807, 2.05) is 67.6 Å². The van der Waals surface area contributed by atoms with Gasteiger partial charge in [-0.3, -0.25) is 14.2 Å². The molecule has 2 heterocycles. The first-order chi connectivity index (χ1) is 15.0. The average molecular weight is 434 g/mol. The Morgan fingerprint density at radius 1 is 1.16 bits per heavy atom. The van der Waals surface area contributed by atoms with Crippen LogP contribution in [0.2, 0.25) is 0 Å². The van der Waals surface area contributed by atoms with E-state index in [2.05, 4.69) is 0 Å². The van der Waals surface area contributed by atoms with Gasteiger partial charge in [0.15, 0.2) is 0 Å². The Kier molecular flexibility index (Phi) is 5.86. The topological polar surface area (TPSA) is 87.2 Å². The molecule has 158 valence electrons. The van der Waals surface area contributed by atoms with Crippen LogP contribution in [0.15, 0.2) is 65.5 Å². The maximum absolute atomic E-state index is 13.5. The van der Waals surface area contributed by atoms with Crippen LogP contribution < -0.4 is 16.0 Å². The molecule has 1 unspecified atom stereocenters. The summed E-state index contributed by atoms with van der Waals surface area (Å²) in [6.07, 6.45) is 0.811. The van der Waals surface area contributed by atoms with E-state index in [1.54, 1.807) is 7.11 Å². The molecular formula is C24H23N3O3S. The van der Waals surface area contributed by atoms with E-state index < -0.39 is 11.9 Å². The highest BCUT2D eigenvalue weighted by atomic mass is 32.1. The summed E-state index contributed by atoms with van der Waals surface area (Å²) in [5, 5.41) is 0.502.